The molecular formula is C15H21N3OS2. The number of fused-ring (bicyclic) bond motifs is 1. The Labute approximate surface area is 133 Å². The Hall–Kier alpha value is -0.980. The molecule has 2 aromatic heterocycles. The molecule has 0 spiro atoms. The lowest BCUT2D eigenvalue weighted by Crippen LogP contribution is -2.41. The van der Waals surface area contributed by atoms with Crippen LogP contribution in [0.15, 0.2) is 4.79 Å². The summed E-state index contributed by atoms with van der Waals surface area (Å²) in [6.45, 7) is 8.30. The van der Waals surface area contributed by atoms with Gasteiger partial charge in [-0.2, -0.15) is 0 Å². The van der Waals surface area contributed by atoms with Gasteiger partial charge < -0.3 is 9.88 Å². The number of nitrogens with one attached hydrogen (secondary N) is 1. The minimum Gasteiger partial charge on any atom is -0.323 e. The average molecular weight is 323 g/mol. The highest BCUT2D eigenvalue weighted by Crippen LogP contribution is 2.30. The minimum absolute atomic E-state index is 0.0806. The first-order valence-electron chi connectivity index (χ1n) is 7.33. The predicted molar refractivity (Wildman–Crippen MR) is 91.1 cm³/mol. The largest absolute Gasteiger partial charge is 0.323 e. The van der Waals surface area contributed by atoms with Crippen LogP contribution < -0.4 is 5.56 Å². The molecule has 0 aliphatic carbocycles. The molecule has 3 rings (SSSR count). The van der Waals surface area contributed by atoms with E-state index in [1.54, 1.807) is 11.3 Å². The van der Waals surface area contributed by atoms with Crippen molar-refractivity contribution in [3.63, 3.8) is 0 Å². The maximum Gasteiger partial charge on any atom is 0.263 e. The molecule has 0 amide bonds. The predicted octanol–water partition coefficient (Wildman–Crippen LogP) is 3.25. The molecule has 0 bridgehead atoms. The van der Waals surface area contributed by atoms with E-state index >= 15 is 0 Å². The van der Waals surface area contributed by atoms with Crippen molar-refractivity contribution in [2.24, 2.45) is 5.92 Å². The first kappa shape index (κ1) is 14.9. The van der Waals surface area contributed by atoms with E-state index < -0.39 is 0 Å². The molecule has 114 valence electrons. The van der Waals surface area contributed by atoms with Crippen molar-refractivity contribution in [2.45, 2.75) is 33.2 Å². The van der Waals surface area contributed by atoms with Crippen LogP contribution in [0, 0.1) is 24.5 Å². The summed E-state index contributed by atoms with van der Waals surface area (Å²) in [6, 6.07) is 0.196. The highest BCUT2D eigenvalue weighted by Gasteiger charge is 2.28. The van der Waals surface area contributed by atoms with Crippen molar-refractivity contribution in [3.8, 4) is 0 Å². The molecule has 1 saturated heterocycles. The van der Waals surface area contributed by atoms with E-state index in [1.165, 1.54) is 4.88 Å². The minimum atomic E-state index is 0.0806. The second kappa shape index (κ2) is 5.34. The molecule has 0 aromatic carbocycles. The number of thiophene rings is 1. The van der Waals surface area contributed by atoms with Crippen molar-refractivity contribution in [3.05, 3.63) is 25.6 Å². The third kappa shape index (κ3) is 2.39. The van der Waals surface area contributed by atoms with Crippen molar-refractivity contribution in [1.82, 2.24) is 14.5 Å². The van der Waals surface area contributed by atoms with Crippen LogP contribution in [0.4, 0.5) is 0 Å². The maximum absolute atomic E-state index is 13.0. The van der Waals surface area contributed by atoms with Gasteiger partial charge in [0.1, 0.15) is 4.83 Å². The normalized spacial score (nSPS) is 23.8. The lowest BCUT2D eigenvalue weighted by Gasteiger charge is -2.35. The molecule has 1 fully saturated rings. The van der Waals surface area contributed by atoms with E-state index in [1.807, 2.05) is 11.5 Å². The summed E-state index contributed by atoms with van der Waals surface area (Å²) < 4.78 is 2.39. The standard InChI is InChI=1S/C15H21N3OS2/c1-8-7-17(4)6-5-11(8)18-14(19)12-9(2)10(3)21-13(12)16-15(18)20/h8,11H,5-7H2,1-4H3,(H,16,20). The van der Waals surface area contributed by atoms with E-state index in [-0.39, 0.29) is 11.6 Å². The summed E-state index contributed by atoms with van der Waals surface area (Å²) in [5, 5.41) is 0.817. The molecule has 21 heavy (non-hydrogen) atoms. The van der Waals surface area contributed by atoms with Crippen LogP contribution in [-0.2, 0) is 0 Å². The van der Waals surface area contributed by atoms with Gasteiger partial charge in [-0.25, -0.2) is 0 Å². The van der Waals surface area contributed by atoms with Crippen LogP contribution >= 0.6 is 23.6 Å². The van der Waals surface area contributed by atoms with Crippen molar-refractivity contribution in [1.29, 1.82) is 0 Å². The number of aryl methyl sites for hydroxylation is 2. The molecule has 1 aliphatic heterocycles. The molecule has 2 unspecified atom stereocenters. The summed E-state index contributed by atoms with van der Waals surface area (Å²) in [5.41, 5.74) is 1.16. The van der Waals surface area contributed by atoms with E-state index in [2.05, 4.69) is 30.8 Å². The molecule has 6 heteroatoms. The fourth-order valence-electron chi connectivity index (χ4n) is 3.37. The first-order chi connectivity index (χ1) is 9.90. The fraction of sp³-hybridized carbons (Fsp3) is 0.600. The topological polar surface area (TPSA) is 41.0 Å². The van der Waals surface area contributed by atoms with Gasteiger partial charge in [0, 0.05) is 17.5 Å². The van der Waals surface area contributed by atoms with Gasteiger partial charge in [-0.1, -0.05) is 6.92 Å². The van der Waals surface area contributed by atoms with Crippen LogP contribution in [0.1, 0.15) is 29.8 Å². The van der Waals surface area contributed by atoms with E-state index in [9.17, 15) is 4.79 Å². The number of rotatable bonds is 1. The number of H-pyrrole nitrogens is 1. The van der Waals surface area contributed by atoms with Crippen molar-refractivity contribution in [2.75, 3.05) is 20.1 Å². The molecule has 3 heterocycles. The zero-order valence-electron chi connectivity index (χ0n) is 12.9. The maximum atomic E-state index is 13.0. The van der Waals surface area contributed by atoms with Crippen LogP contribution in [0.3, 0.4) is 0 Å². The van der Waals surface area contributed by atoms with E-state index in [4.69, 9.17) is 12.2 Å². The number of hydrogen-bond donors (Lipinski definition) is 1. The van der Waals surface area contributed by atoms with E-state index in [0.29, 0.717) is 10.7 Å². The molecule has 0 radical (unpaired) electrons. The zero-order valence-corrected chi connectivity index (χ0v) is 14.5. The van der Waals surface area contributed by atoms with Gasteiger partial charge >= 0.3 is 0 Å². The number of likely N-dealkylation sites (tertiary alicyclic amines) is 1. The average Bonchev–Trinajstić information content (AvgIpc) is 2.67. The molecular weight excluding hydrogens is 302 g/mol. The Bertz CT molecular complexity index is 802. The van der Waals surface area contributed by atoms with Crippen molar-refractivity contribution >= 4 is 33.8 Å². The first-order valence-corrected chi connectivity index (χ1v) is 8.55. The lowest BCUT2D eigenvalue weighted by molar-refractivity contribution is 0.155. The Morgan fingerprint density at radius 3 is 2.76 bits per heavy atom. The summed E-state index contributed by atoms with van der Waals surface area (Å²) in [7, 11) is 2.13. The molecule has 1 aliphatic rings. The van der Waals surface area contributed by atoms with Gasteiger partial charge in [0.05, 0.1) is 5.39 Å². The molecule has 1 N–H and O–H groups in total. The summed E-state index contributed by atoms with van der Waals surface area (Å²) >= 11 is 7.10. The van der Waals surface area contributed by atoms with Gasteiger partial charge in [0.2, 0.25) is 0 Å². The van der Waals surface area contributed by atoms with Crippen LogP contribution in [0.25, 0.3) is 10.2 Å². The fourth-order valence-corrected chi connectivity index (χ4v) is 4.81. The molecule has 0 saturated carbocycles. The van der Waals surface area contributed by atoms with E-state index in [0.717, 1.165) is 35.3 Å². The number of hydrogen-bond acceptors (Lipinski definition) is 4. The number of aromatic nitrogens is 2. The third-order valence-electron chi connectivity index (χ3n) is 4.65. The summed E-state index contributed by atoms with van der Waals surface area (Å²) in [4.78, 5) is 20.7. The van der Waals surface area contributed by atoms with Gasteiger partial charge in [0.15, 0.2) is 4.77 Å². The SMILES string of the molecule is Cc1sc2[nH]c(=S)n(C3CCN(C)CC3C)c(=O)c2c1C. The molecule has 2 atom stereocenters. The van der Waals surface area contributed by atoms with Gasteiger partial charge in [-0.15, -0.1) is 11.3 Å². The smallest absolute Gasteiger partial charge is 0.263 e. The zero-order chi connectivity index (χ0) is 15.3. The van der Waals surface area contributed by atoms with Gasteiger partial charge in [-0.05, 0) is 57.6 Å². The van der Waals surface area contributed by atoms with Crippen LogP contribution in [0.2, 0.25) is 0 Å². The Balaban J connectivity index is 2.21. The number of nitrogens with zero attached hydrogens (tertiary/aromatic N) is 2. The third-order valence-corrected chi connectivity index (χ3v) is 6.07. The quantitative estimate of drug-likeness (QED) is 0.819. The second-order valence-corrected chi connectivity index (χ2v) is 7.80. The van der Waals surface area contributed by atoms with Gasteiger partial charge in [-0.3, -0.25) is 9.36 Å². The highest BCUT2D eigenvalue weighted by atomic mass is 32.1. The highest BCUT2D eigenvalue weighted by molar-refractivity contribution is 7.71. The number of piperidine rings is 1. The Morgan fingerprint density at radius 1 is 1.38 bits per heavy atom. The lowest BCUT2D eigenvalue weighted by atomic mass is 9.94. The van der Waals surface area contributed by atoms with Crippen molar-refractivity contribution < 1.29 is 0 Å². The Kier molecular flexibility index (Phi) is 3.80. The van der Waals surface area contributed by atoms with Gasteiger partial charge in [0.25, 0.3) is 5.56 Å². The Morgan fingerprint density at radius 2 is 2.10 bits per heavy atom. The molecule has 2 aromatic rings. The summed E-state index contributed by atoms with van der Waals surface area (Å²) in [6.07, 6.45) is 0.975. The monoisotopic (exact) mass is 323 g/mol. The van der Waals surface area contributed by atoms with Crippen LogP contribution in [-0.4, -0.2) is 34.6 Å². The second-order valence-electron chi connectivity index (χ2n) is 6.19. The van der Waals surface area contributed by atoms with Crippen LogP contribution in [0.5, 0.6) is 0 Å². The number of aromatic amines is 1. The molecule has 4 nitrogen and oxygen atoms in total. The summed E-state index contributed by atoms with van der Waals surface area (Å²) in [5.74, 6) is 0.425.